The Hall–Kier alpha value is -0.620. The smallest absolute Gasteiger partial charge is 0.348 e. The van der Waals surface area contributed by atoms with E-state index in [1.807, 2.05) is 0 Å². The molecule has 15 heavy (non-hydrogen) atoms. The number of piperidine rings is 1. The molecule has 1 aliphatic heterocycles. The second-order valence-electron chi connectivity index (χ2n) is 3.47. The molecule has 1 N–H and O–H groups in total. The minimum atomic E-state index is -0.914. The number of hydrogen-bond donors (Lipinski definition) is 1. The summed E-state index contributed by atoms with van der Waals surface area (Å²) in [7, 11) is 0. The molecule has 0 saturated carbocycles. The lowest BCUT2D eigenvalue weighted by molar-refractivity contribution is 0.0701. The molecular formula is C9H11BrN2O2S. The highest BCUT2D eigenvalue weighted by atomic mass is 79.9. The summed E-state index contributed by atoms with van der Waals surface area (Å²) in [5.74, 6) is -0.914. The lowest BCUT2D eigenvalue weighted by Crippen LogP contribution is -2.29. The molecule has 1 aromatic heterocycles. The molecule has 4 nitrogen and oxygen atoms in total. The number of aromatic nitrogens is 1. The van der Waals surface area contributed by atoms with E-state index in [1.54, 1.807) is 0 Å². The van der Waals surface area contributed by atoms with Crippen LogP contribution in [0.1, 0.15) is 28.9 Å². The van der Waals surface area contributed by atoms with Crippen molar-refractivity contribution in [3.8, 4) is 0 Å². The van der Waals surface area contributed by atoms with Gasteiger partial charge in [0, 0.05) is 13.1 Å². The third-order valence-electron chi connectivity index (χ3n) is 2.40. The lowest BCUT2D eigenvalue weighted by atomic mass is 10.1. The van der Waals surface area contributed by atoms with Crippen molar-refractivity contribution in [2.75, 3.05) is 18.0 Å². The molecule has 1 fully saturated rings. The largest absolute Gasteiger partial charge is 0.477 e. The quantitative estimate of drug-likeness (QED) is 0.910. The van der Waals surface area contributed by atoms with Gasteiger partial charge in [0.25, 0.3) is 0 Å². The predicted molar refractivity (Wildman–Crippen MR) is 62.8 cm³/mol. The van der Waals surface area contributed by atoms with E-state index in [0.717, 1.165) is 18.2 Å². The maximum Gasteiger partial charge on any atom is 0.348 e. The average molecular weight is 291 g/mol. The zero-order valence-electron chi connectivity index (χ0n) is 8.07. The summed E-state index contributed by atoms with van der Waals surface area (Å²) in [4.78, 5) is 17.5. The van der Waals surface area contributed by atoms with Crippen molar-refractivity contribution in [2.45, 2.75) is 19.3 Å². The van der Waals surface area contributed by atoms with E-state index in [9.17, 15) is 4.79 Å². The van der Waals surface area contributed by atoms with Gasteiger partial charge in [-0.05, 0) is 35.2 Å². The molecular weight excluding hydrogens is 280 g/mol. The average Bonchev–Trinajstić information content (AvgIpc) is 2.62. The number of thiazole rings is 1. The molecule has 2 heterocycles. The molecule has 1 saturated heterocycles. The van der Waals surface area contributed by atoms with Crippen LogP contribution in [0.5, 0.6) is 0 Å². The second kappa shape index (κ2) is 4.49. The summed E-state index contributed by atoms with van der Waals surface area (Å²) in [6.07, 6.45) is 3.59. The van der Waals surface area contributed by atoms with Gasteiger partial charge in [-0.25, -0.2) is 9.78 Å². The number of rotatable bonds is 2. The van der Waals surface area contributed by atoms with Gasteiger partial charge >= 0.3 is 5.97 Å². The molecule has 0 aromatic carbocycles. The van der Waals surface area contributed by atoms with E-state index in [2.05, 4.69) is 25.8 Å². The van der Waals surface area contributed by atoms with Gasteiger partial charge in [0.15, 0.2) is 5.13 Å². The van der Waals surface area contributed by atoms with E-state index < -0.39 is 5.97 Å². The van der Waals surface area contributed by atoms with Gasteiger partial charge in [-0.2, -0.15) is 0 Å². The lowest BCUT2D eigenvalue weighted by Gasteiger charge is -2.25. The number of aromatic carboxylic acids is 1. The van der Waals surface area contributed by atoms with Gasteiger partial charge in [-0.15, -0.1) is 0 Å². The van der Waals surface area contributed by atoms with Gasteiger partial charge in [-0.1, -0.05) is 11.3 Å². The number of hydrogen-bond acceptors (Lipinski definition) is 4. The maximum absolute atomic E-state index is 10.8. The van der Waals surface area contributed by atoms with Crippen LogP contribution in [0.25, 0.3) is 0 Å². The van der Waals surface area contributed by atoms with Crippen LogP contribution in [-0.2, 0) is 0 Å². The molecule has 0 amide bonds. The molecule has 0 radical (unpaired) electrons. The fraction of sp³-hybridized carbons (Fsp3) is 0.556. The third kappa shape index (κ3) is 2.31. The number of carboxylic acid groups (broad SMARTS) is 1. The Labute approximate surface area is 100 Å². The first kappa shape index (κ1) is 10.9. The van der Waals surface area contributed by atoms with Gasteiger partial charge in [0.1, 0.15) is 9.48 Å². The molecule has 0 atom stereocenters. The van der Waals surface area contributed by atoms with E-state index in [1.165, 1.54) is 30.6 Å². The van der Waals surface area contributed by atoms with Crippen LogP contribution in [0.3, 0.4) is 0 Å². The first-order chi connectivity index (χ1) is 7.18. The summed E-state index contributed by atoms with van der Waals surface area (Å²) in [6.45, 7) is 1.97. The standard InChI is InChI=1S/C9H11BrN2O2S/c10-7-6(8(13)14)15-9(11-7)12-4-2-1-3-5-12/h1-5H2,(H,13,14). The summed E-state index contributed by atoms with van der Waals surface area (Å²) in [5, 5.41) is 9.72. The van der Waals surface area contributed by atoms with Crippen LogP contribution >= 0.6 is 27.3 Å². The zero-order chi connectivity index (χ0) is 10.8. The topological polar surface area (TPSA) is 53.4 Å². The molecule has 0 bridgehead atoms. The second-order valence-corrected chi connectivity index (χ2v) is 5.20. The van der Waals surface area contributed by atoms with Crippen molar-refractivity contribution < 1.29 is 9.90 Å². The summed E-state index contributed by atoms with van der Waals surface area (Å²) in [5.41, 5.74) is 0. The zero-order valence-corrected chi connectivity index (χ0v) is 10.5. The summed E-state index contributed by atoms with van der Waals surface area (Å²) >= 11 is 4.42. The number of carbonyl (C=O) groups is 1. The van der Waals surface area contributed by atoms with Crippen LogP contribution in [0.15, 0.2) is 4.60 Å². The van der Waals surface area contributed by atoms with Crippen molar-refractivity contribution >= 4 is 38.4 Å². The molecule has 0 unspecified atom stereocenters. The highest BCUT2D eigenvalue weighted by molar-refractivity contribution is 9.10. The maximum atomic E-state index is 10.8. The Morgan fingerprint density at radius 2 is 2.07 bits per heavy atom. The number of halogens is 1. The van der Waals surface area contributed by atoms with Crippen molar-refractivity contribution in [3.63, 3.8) is 0 Å². The molecule has 2 rings (SSSR count). The minimum absolute atomic E-state index is 0.288. The normalized spacial score (nSPS) is 16.7. The Kier molecular flexibility index (Phi) is 3.25. The first-order valence-electron chi connectivity index (χ1n) is 4.83. The van der Waals surface area contributed by atoms with Crippen molar-refractivity contribution in [2.24, 2.45) is 0 Å². The molecule has 6 heteroatoms. The fourth-order valence-corrected chi connectivity index (χ4v) is 3.19. The van der Waals surface area contributed by atoms with Crippen molar-refractivity contribution in [1.82, 2.24) is 4.98 Å². The van der Waals surface area contributed by atoms with Gasteiger partial charge in [0.05, 0.1) is 0 Å². The first-order valence-corrected chi connectivity index (χ1v) is 6.44. The van der Waals surface area contributed by atoms with Crippen LogP contribution in [0, 0.1) is 0 Å². The van der Waals surface area contributed by atoms with Gasteiger partial charge < -0.3 is 10.0 Å². The fourth-order valence-electron chi connectivity index (χ4n) is 1.64. The van der Waals surface area contributed by atoms with E-state index in [0.29, 0.717) is 4.60 Å². The summed E-state index contributed by atoms with van der Waals surface area (Å²) < 4.78 is 0.445. The Balaban J connectivity index is 2.21. The minimum Gasteiger partial charge on any atom is -0.477 e. The van der Waals surface area contributed by atoms with Crippen LogP contribution in [-0.4, -0.2) is 29.1 Å². The van der Waals surface area contributed by atoms with Crippen molar-refractivity contribution in [3.05, 3.63) is 9.48 Å². The Morgan fingerprint density at radius 3 is 2.60 bits per heavy atom. The highest BCUT2D eigenvalue weighted by Crippen LogP contribution is 2.31. The number of anilines is 1. The van der Waals surface area contributed by atoms with Gasteiger partial charge in [-0.3, -0.25) is 0 Å². The molecule has 1 aromatic rings. The third-order valence-corrected chi connectivity index (χ3v) is 4.34. The van der Waals surface area contributed by atoms with E-state index in [4.69, 9.17) is 5.11 Å². The van der Waals surface area contributed by atoms with Crippen molar-refractivity contribution in [1.29, 1.82) is 0 Å². The van der Waals surface area contributed by atoms with Crippen LogP contribution < -0.4 is 4.90 Å². The van der Waals surface area contributed by atoms with Gasteiger partial charge in [0.2, 0.25) is 0 Å². The van der Waals surface area contributed by atoms with E-state index in [-0.39, 0.29) is 4.88 Å². The monoisotopic (exact) mass is 290 g/mol. The Morgan fingerprint density at radius 1 is 1.40 bits per heavy atom. The SMILES string of the molecule is O=C(O)c1sc(N2CCCCC2)nc1Br. The van der Waals surface area contributed by atoms with Crippen LogP contribution in [0.2, 0.25) is 0 Å². The molecule has 0 aliphatic carbocycles. The van der Waals surface area contributed by atoms with E-state index >= 15 is 0 Å². The number of nitrogens with zero attached hydrogens (tertiary/aromatic N) is 2. The number of carboxylic acids is 1. The highest BCUT2D eigenvalue weighted by Gasteiger charge is 2.20. The molecule has 0 spiro atoms. The Bertz CT molecular complexity index is 374. The molecule has 82 valence electrons. The molecule has 1 aliphatic rings. The predicted octanol–water partition coefficient (Wildman–Crippen LogP) is 2.59. The summed E-state index contributed by atoms with van der Waals surface area (Å²) in [6, 6.07) is 0. The van der Waals surface area contributed by atoms with Crippen LogP contribution in [0.4, 0.5) is 5.13 Å².